The van der Waals surface area contributed by atoms with Gasteiger partial charge < -0.3 is 10.2 Å². The molecule has 0 bridgehead atoms. The number of aromatic nitrogens is 3. The number of aryl methyl sites for hydroxylation is 1. The zero-order valence-electron chi connectivity index (χ0n) is 13.6. The molecule has 1 fully saturated rings. The Labute approximate surface area is 142 Å². The monoisotopic (exact) mass is 335 g/mol. The number of hydrogen-bond donors (Lipinski definition) is 1. The molecule has 23 heavy (non-hydrogen) atoms. The Hall–Kier alpha value is -1.92. The second-order valence-corrected chi connectivity index (χ2v) is 5.83. The molecule has 1 aliphatic heterocycles. The first kappa shape index (κ1) is 17.4. The maximum absolute atomic E-state index is 12.7. The molecule has 0 aliphatic carbocycles. The van der Waals surface area contributed by atoms with Crippen LogP contribution in [0.2, 0.25) is 0 Å². The Morgan fingerprint density at radius 2 is 2.13 bits per heavy atom. The minimum absolute atomic E-state index is 0. The Balaban J connectivity index is 0.00000192. The predicted octanol–water partition coefficient (Wildman–Crippen LogP) is 1.74. The molecule has 1 aromatic carbocycles. The molecule has 1 aliphatic rings. The van der Waals surface area contributed by atoms with Crippen molar-refractivity contribution in [3.8, 4) is 5.69 Å². The normalized spacial score (nSPS) is 17.7. The molecule has 2 aromatic rings. The van der Waals surface area contributed by atoms with E-state index in [-0.39, 0.29) is 24.4 Å². The minimum Gasteiger partial charge on any atom is -0.332 e. The summed E-state index contributed by atoms with van der Waals surface area (Å²) < 4.78 is 1.73. The van der Waals surface area contributed by atoms with E-state index in [0.717, 1.165) is 30.0 Å². The van der Waals surface area contributed by atoms with Crippen LogP contribution in [0.5, 0.6) is 0 Å². The fraction of sp³-hybridized carbons (Fsp3) is 0.438. The van der Waals surface area contributed by atoms with Crippen molar-refractivity contribution in [2.75, 3.05) is 19.6 Å². The van der Waals surface area contributed by atoms with E-state index < -0.39 is 0 Å². The molecule has 124 valence electrons. The highest BCUT2D eigenvalue weighted by atomic mass is 35.5. The third-order valence-corrected chi connectivity index (χ3v) is 4.11. The van der Waals surface area contributed by atoms with E-state index in [2.05, 4.69) is 15.6 Å². The van der Waals surface area contributed by atoms with Crippen LogP contribution < -0.4 is 5.32 Å². The van der Waals surface area contributed by atoms with Gasteiger partial charge in [-0.1, -0.05) is 17.3 Å². The maximum atomic E-state index is 12.7. The summed E-state index contributed by atoms with van der Waals surface area (Å²) in [4.78, 5) is 14.6. The summed E-state index contributed by atoms with van der Waals surface area (Å²) in [5.41, 5.74) is 3.30. The molecule has 0 radical (unpaired) electrons. The van der Waals surface area contributed by atoms with Gasteiger partial charge in [0.1, 0.15) is 0 Å². The van der Waals surface area contributed by atoms with Crippen molar-refractivity contribution < 1.29 is 4.79 Å². The second-order valence-electron chi connectivity index (χ2n) is 5.83. The van der Waals surface area contributed by atoms with Crippen LogP contribution in [0.25, 0.3) is 5.69 Å². The van der Waals surface area contributed by atoms with E-state index in [9.17, 15) is 4.79 Å². The highest BCUT2D eigenvalue weighted by Gasteiger charge is 2.28. The lowest BCUT2D eigenvalue weighted by Gasteiger charge is -2.33. The van der Waals surface area contributed by atoms with Crippen LogP contribution in [0.1, 0.15) is 28.7 Å². The van der Waals surface area contributed by atoms with Crippen LogP contribution in [0.15, 0.2) is 24.3 Å². The number of halogens is 1. The highest BCUT2D eigenvalue weighted by Crippen LogP contribution is 2.16. The fourth-order valence-corrected chi connectivity index (χ4v) is 2.81. The first-order valence-electron chi connectivity index (χ1n) is 7.59. The lowest BCUT2D eigenvalue weighted by Crippen LogP contribution is -2.52. The van der Waals surface area contributed by atoms with Crippen LogP contribution >= 0.6 is 12.4 Å². The van der Waals surface area contributed by atoms with Crippen LogP contribution in [-0.4, -0.2) is 51.5 Å². The molecule has 0 spiro atoms. The van der Waals surface area contributed by atoms with Gasteiger partial charge in [0.25, 0.3) is 5.91 Å². The minimum atomic E-state index is -0.0367. The largest absolute Gasteiger partial charge is 0.332 e. The molecule has 0 saturated carbocycles. The smallest absolute Gasteiger partial charge is 0.276 e. The molecule has 1 atom stereocenters. The van der Waals surface area contributed by atoms with Gasteiger partial charge >= 0.3 is 0 Å². The van der Waals surface area contributed by atoms with E-state index in [1.807, 2.05) is 49.9 Å². The van der Waals surface area contributed by atoms with E-state index in [1.165, 1.54) is 0 Å². The van der Waals surface area contributed by atoms with E-state index in [4.69, 9.17) is 0 Å². The van der Waals surface area contributed by atoms with E-state index in [1.54, 1.807) is 4.68 Å². The first-order chi connectivity index (χ1) is 10.6. The molecule has 7 heteroatoms. The molecule has 1 amide bonds. The number of carbonyl (C=O) groups is 1. The van der Waals surface area contributed by atoms with E-state index >= 15 is 0 Å². The molecule has 3 rings (SSSR count). The SMILES string of the molecule is Cc1cccc(-n2nnc(C(=O)N3CCNC[C@H]3C)c2C)c1.Cl. The second kappa shape index (κ2) is 7.10. The van der Waals surface area contributed by atoms with Crippen molar-refractivity contribution in [2.45, 2.75) is 26.8 Å². The van der Waals surface area contributed by atoms with Crippen LogP contribution in [0, 0.1) is 13.8 Å². The van der Waals surface area contributed by atoms with Gasteiger partial charge in [-0.3, -0.25) is 4.79 Å². The number of benzene rings is 1. The molecule has 1 N–H and O–H groups in total. The Kier molecular flexibility index (Phi) is 5.38. The Morgan fingerprint density at radius 1 is 1.35 bits per heavy atom. The zero-order chi connectivity index (χ0) is 15.7. The van der Waals surface area contributed by atoms with Gasteiger partial charge in [0.05, 0.1) is 11.4 Å². The van der Waals surface area contributed by atoms with Gasteiger partial charge in [-0.25, -0.2) is 4.68 Å². The molecule has 1 aromatic heterocycles. The summed E-state index contributed by atoms with van der Waals surface area (Å²) in [6, 6.07) is 8.18. The number of piperazine rings is 1. The predicted molar refractivity (Wildman–Crippen MR) is 91.4 cm³/mol. The Morgan fingerprint density at radius 3 is 2.83 bits per heavy atom. The number of rotatable bonds is 2. The van der Waals surface area contributed by atoms with Crippen molar-refractivity contribution in [1.29, 1.82) is 0 Å². The summed E-state index contributed by atoms with van der Waals surface area (Å²) in [5, 5.41) is 11.6. The number of amides is 1. The number of nitrogens with one attached hydrogen (secondary N) is 1. The molecular weight excluding hydrogens is 314 g/mol. The number of nitrogens with zero attached hydrogens (tertiary/aromatic N) is 4. The molecule has 1 saturated heterocycles. The molecule has 0 unspecified atom stereocenters. The number of carbonyl (C=O) groups excluding carboxylic acids is 1. The topological polar surface area (TPSA) is 63.1 Å². The average molecular weight is 336 g/mol. The van der Waals surface area contributed by atoms with E-state index in [0.29, 0.717) is 12.2 Å². The zero-order valence-corrected chi connectivity index (χ0v) is 14.4. The van der Waals surface area contributed by atoms with Gasteiger partial charge in [0, 0.05) is 25.7 Å². The van der Waals surface area contributed by atoms with Gasteiger partial charge in [-0.05, 0) is 38.5 Å². The average Bonchev–Trinajstić information content (AvgIpc) is 2.89. The summed E-state index contributed by atoms with van der Waals surface area (Å²) in [5.74, 6) is -0.0367. The van der Waals surface area contributed by atoms with Crippen LogP contribution in [-0.2, 0) is 0 Å². The van der Waals surface area contributed by atoms with Gasteiger partial charge in [-0.2, -0.15) is 0 Å². The maximum Gasteiger partial charge on any atom is 0.276 e. The third kappa shape index (κ3) is 3.38. The van der Waals surface area contributed by atoms with Gasteiger partial charge in [0.2, 0.25) is 0 Å². The quantitative estimate of drug-likeness (QED) is 0.908. The van der Waals surface area contributed by atoms with Crippen molar-refractivity contribution >= 4 is 18.3 Å². The van der Waals surface area contributed by atoms with Crippen LogP contribution in [0.4, 0.5) is 0 Å². The van der Waals surface area contributed by atoms with Crippen LogP contribution in [0.3, 0.4) is 0 Å². The standard InChI is InChI=1S/C16H21N5O.ClH/c1-11-5-4-6-14(9-11)21-13(3)15(18-19-21)16(22)20-8-7-17-10-12(20)2;/h4-6,9,12,17H,7-8,10H2,1-3H3;1H/t12-;/m1./s1. The summed E-state index contributed by atoms with van der Waals surface area (Å²) in [6.45, 7) is 8.31. The highest BCUT2D eigenvalue weighted by molar-refractivity contribution is 5.93. The summed E-state index contributed by atoms with van der Waals surface area (Å²) >= 11 is 0. The Bertz CT molecular complexity index is 700. The first-order valence-corrected chi connectivity index (χ1v) is 7.59. The van der Waals surface area contributed by atoms with Crippen molar-refractivity contribution in [2.24, 2.45) is 0 Å². The molecule has 6 nitrogen and oxygen atoms in total. The van der Waals surface area contributed by atoms with Crippen molar-refractivity contribution in [3.05, 3.63) is 41.2 Å². The summed E-state index contributed by atoms with van der Waals surface area (Å²) in [7, 11) is 0. The van der Waals surface area contributed by atoms with Gasteiger partial charge in [0.15, 0.2) is 5.69 Å². The van der Waals surface area contributed by atoms with Gasteiger partial charge in [-0.15, -0.1) is 17.5 Å². The third-order valence-electron chi connectivity index (χ3n) is 4.11. The lowest BCUT2D eigenvalue weighted by molar-refractivity contribution is 0.0649. The fourth-order valence-electron chi connectivity index (χ4n) is 2.81. The molecule has 2 heterocycles. The van der Waals surface area contributed by atoms with Crippen molar-refractivity contribution in [3.63, 3.8) is 0 Å². The number of hydrogen-bond acceptors (Lipinski definition) is 4. The van der Waals surface area contributed by atoms with Crippen molar-refractivity contribution in [1.82, 2.24) is 25.2 Å². The lowest BCUT2D eigenvalue weighted by atomic mass is 10.2. The molecular formula is C16H22ClN5O. The summed E-state index contributed by atoms with van der Waals surface area (Å²) in [6.07, 6.45) is 0.